The van der Waals surface area contributed by atoms with Gasteiger partial charge < -0.3 is 24.8 Å². The molecule has 0 atom stereocenters. The number of anilines is 1. The molecule has 2 saturated heterocycles. The zero-order valence-corrected chi connectivity index (χ0v) is 22.5. The van der Waals surface area contributed by atoms with E-state index in [0.29, 0.717) is 6.54 Å². The van der Waals surface area contributed by atoms with Gasteiger partial charge >= 0.3 is 0 Å². The standard InChI is InChI=1S/C26H35N5O2.HI/c1-27-26(31-18-16-29(17-19-31)23-8-4-5-9-24(23)33-2)28-20-21-10-12-22(13-11-21)25(32)30-14-6-3-7-15-30;/h4-5,8-13H,3,6-7,14-20H2,1-2H3,(H,27,28);1H. The first-order valence-electron chi connectivity index (χ1n) is 11.9. The molecule has 1 amide bonds. The molecule has 1 N–H and O–H groups in total. The predicted molar refractivity (Wildman–Crippen MR) is 149 cm³/mol. The van der Waals surface area contributed by atoms with E-state index in [1.165, 1.54) is 6.42 Å². The van der Waals surface area contributed by atoms with E-state index in [9.17, 15) is 4.79 Å². The van der Waals surface area contributed by atoms with Crippen LogP contribution in [0.15, 0.2) is 53.5 Å². The minimum Gasteiger partial charge on any atom is -0.495 e. The van der Waals surface area contributed by atoms with Gasteiger partial charge in [0.05, 0.1) is 12.8 Å². The van der Waals surface area contributed by atoms with Gasteiger partial charge in [-0.3, -0.25) is 9.79 Å². The Hall–Kier alpha value is -2.49. The molecule has 0 radical (unpaired) electrons. The number of aliphatic imine (C=N–C) groups is 1. The molecular formula is C26H36IN5O2. The maximum absolute atomic E-state index is 12.7. The number of hydrogen-bond acceptors (Lipinski definition) is 4. The SMILES string of the molecule is CN=C(NCc1ccc(C(=O)N2CCCCC2)cc1)N1CCN(c2ccccc2OC)CC1.I. The third-order valence-electron chi connectivity index (χ3n) is 6.51. The van der Waals surface area contributed by atoms with Crippen molar-refractivity contribution in [2.24, 2.45) is 4.99 Å². The molecule has 4 rings (SSSR count). The molecule has 8 heteroatoms. The lowest BCUT2D eigenvalue weighted by molar-refractivity contribution is 0.0724. The number of nitrogens with zero attached hydrogens (tertiary/aromatic N) is 4. The van der Waals surface area contributed by atoms with E-state index in [2.05, 4.69) is 32.2 Å². The van der Waals surface area contributed by atoms with Crippen molar-refractivity contribution in [3.05, 3.63) is 59.7 Å². The monoisotopic (exact) mass is 577 g/mol. The molecule has 7 nitrogen and oxygen atoms in total. The summed E-state index contributed by atoms with van der Waals surface area (Å²) in [6.45, 7) is 6.04. The summed E-state index contributed by atoms with van der Waals surface area (Å²) in [6, 6.07) is 16.1. The van der Waals surface area contributed by atoms with Gasteiger partial charge in [-0.1, -0.05) is 24.3 Å². The molecular weight excluding hydrogens is 541 g/mol. The third-order valence-corrected chi connectivity index (χ3v) is 6.51. The van der Waals surface area contributed by atoms with E-state index in [1.807, 2.05) is 48.3 Å². The van der Waals surface area contributed by atoms with E-state index in [1.54, 1.807) is 7.11 Å². The van der Waals surface area contributed by atoms with Crippen LogP contribution >= 0.6 is 24.0 Å². The van der Waals surface area contributed by atoms with Crippen molar-refractivity contribution in [1.82, 2.24) is 15.1 Å². The van der Waals surface area contributed by atoms with Crippen molar-refractivity contribution >= 4 is 41.5 Å². The summed E-state index contributed by atoms with van der Waals surface area (Å²) >= 11 is 0. The molecule has 2 heterocycles. The number of piperidine rings is 1. The Kier molecular flexibility index (Phi) is 9.86. The number of benzene rings is 2. The van der Waals surface area contributed by atoms with Crippen LogP contribution < -0.4 is 15.0 Å². The van der Waals surface area contributed by atoms with E-state index >= 15 is 0 Å². The molecule has 34 heavy (non-hydrogen) atoms. The van der Waals surface area contributed by atoms with Gasteiger partial charge in [-0.2, -0.15) is 0 Å². The highest BCUT2D eigenvalue weighted by Gasteiger charge is 2.22. The second-order valence-corrected chi connectivity index (χ2v) is 8.60. The molecule has 0 aliphatic carbocycles. The largest absolute Gasteiger partial charge is 0.495 e. The van der Waals surface area contributed by atoms with E-state index < -0.39 is 0 Å². The van der Waals surface area contributed by atoms with Crippen LogP contribution in [0.1, 0.15) is 35.2 Å². The predicted octanol–water partition coefficient (Wildman–Crippen LogP) is 3.84. The van der Waals surface area contributed by atoms with Crippen molar-refractivity contribution in [2.75, 3.05) is 58.3 Å². The highest BCUT2D eigenvalue weighted by molar-refractivity contribution is 14.0. The molecule has 2 aromatic carbocycles. The molecule has 0 bridgehead atoms. The number of guanidine groups is 1. The topological polar surface area (TPSA) is 60.4 Å². The summed E-state index contributed by atoms with van der Waals surface area (Å²) in [7, 11) is 3.55. The Labute approximate surface area is 220 Å². The number of likely N-dealkylation sites (tertiary alicyclic amines) is 1. The first-order chi connectivity index (χ1) is 16.2. The lowest BCUT2D eigenvalue weighted by Crippen LogP contribution is -2.52. The number of para-hydroxylation sites is 2. The Bertz CT molecular complexity index is 952. The van der Waals surface area contributed by atoms with Crippen LogP contribution in [0.2, 0.25) is 0 Å². The summed E-state index contributed by atoms with van der Waals surface area (Å²) < 4.78 is 5.52. The maximum atomic E-state index is 12.7. The molecule has 0 spiro atoms. The second kappa shape index (κ2) is 12.8. The van der Waals surface area contributed by atoms with Crippen LogP contribution in [0.5, 0.6) is 5.75 Å². The number of hydrogen-bond donors (Lipinski definition) is 1. The number of nitrogens with one attached hydrogen (secondary N) is 1. The lowest BCUT2D eigenvalue weighted by atomic mass is 10.1. The van der Waals surface area contributed by atoms with Crippen LogP contribution in [-0.4, -0.2) is 75.1 Å². The smallest absolute Gasteiger partial charge is 0.253 e. The van der Waals surface area contributed by atoms with Crippen LogP contribution in [0.3, 0.4) is 0 Å². The average Bonchev–Trinajstić information content (AvgIpc) is 2.90. The summed E-state index contributed by atoms with van der Waals surface area (Å²) in [4.78, 5) is 23.8. The van der Waals surface area contributed by atoms with Gasteiger partial charge in [0.25, 0.3) is 5.91 Å². The van der Waals surface area contributed by atoms with Gasteiger partial charge in [-0.25, -0.2) is 0 Å². The number of carbonyl (C=O) groups is 1. The highest BCUT2D eigenvalue weighted by Crippen LogP contribution is 2.28. The van der Waals surface area contributed by atoms with E-state index in [-0.39, 0.29) is 29.9 Å². The first kappa shape index (κ1) is 26.1. The van der Waals surface area contributed by atoms with E-state index in [4.69, 9.17) is 4.74 Å². The van der Waals surface area contributed by atoms with Crippen molar-refractivity contribution in [3.8, 4) is 5.75 Å². The first-order valence-corrected chi connectivity index (χ1v) is 11.9. The van der Waals surface area contributed by atoms with Gasteiger partial charge in [-0.05, 0) is 49.1 Å². The summed E-state index contributed by atoms with van der Waals surface area (Å²) in [5, 5.41) is 3.48. The van der Waals surface area contributed by atoms with Crippen LogP contribution in [-0.2, 0) is 6.54 Å². The Morgan fingerprint density at radius 2 is 1.59 bits per heavy atom. The fraction of sp³-hybridized carbons (Fsp3) is 0.462. The van der Waals surface area contributed by atoms with Gasteiger partial charge in [0.2, 0.25) is 0 Å². The fourth-order valence-corrected chi connectivity index (χ4v) is 4.61. The number of carbonyl (C=O) groups excluding carboxylic acids is 1. The Morgan fingerprint density at radius 3 is 2.24 bits per heavy atom. The van der Waals surface area contributed by atoms with Crippen LogP contribution in [0.4, 0.5) is 5.69 Å². The zero-order valence-electron chi connectivity index (χ0n) is 20.2. The molecule has 2 aliphatic heterocycles. The molecule has 0 saturated carbocycles. The minimum atomic E-state index is 0. The normalized spacial score (nSPS) is 16.6. The summed E-state index contributed by atoms with van der Waals surface area (Å²) in [6.07, 6.45) is 3.45. The highest BCUT2D eigenvalue weighted by atomic mass is 127. The quantitative estimate of drug-likeness (QED) is 0.333. The van der Waals surface area contributed by atoms with Crippen molar-refractivity contribution < 1.29 is 9.53 Å². The minimum absolute atomic E-state index is 0. The van der Waals surface area contributed by atoms with Crippen LogP contribution in [0, 0.1) is 0 Å². The molecule has 2 aromatic rings. The summed E-state index contributed by atoms with van der Waals surface area (Å²) in [5.41, 5.74) is 3.05. The van der Waals surface area contributed by atoms with Crippen LogP contribution in [0.25, 0.3) is 0 Å². The van der Waals surface area contributed by atoms with Gasteiger partial charge in [0, 0.05) is 58.4 Å². The van der Waals surface area contributed by atoms with Gasteiger partial charge in [0.1, 0.15) is 5.75 Å². The summed E-state index contributed by atoms with van der Waals surface area (Å²) in [5.74, 6) is 1.97. The van der Waals surface area contributed by atoms with Gasteiger partial charge in [-0.15, -0.1) is 24.0 Å². The lowest BCUT2D eigenvalue weighted by Gasteiger charge is -2.38. The number of methoxy groups -OCH3 is 1. The van der Waals surface area contributed by atoms with Crippen molar-refractivity contribution in [2.45, 2.75) is 25.8 Å². The zero-order chi connectivity index (χ0) is 23.0. The maximum Gasteiger partial charge on any atom is 0.253 e. The van der Waals surface area contributed by atoms with Crippen molar-refractivity contribution in [1.29, 1.82) is 0 Å². The molecule has 184 valence electrons. The molecule has 2 aliphatic rings. The molecule has 2 fully saturated rings. The van der Waals surface area contributed by atoms with Gasteiger partial charge in [0.15, 0.2) is 5.96 Å². The number of rotatable bonds is 5. The van der Waals surface area contributed by atoms with Crippen molar-refractivity contribution in [3.63, 3.8) is 0 Å². The molecule has 0 unspecified atom stereocenters. The average molecular weight is 578 g/mol. The number of halogens is 1. The second-order valence-electron chi connectivity index (χ2n) is 8.60. The molecule has 0 aromatic heterocycles. The number of ether oxygens (including phenoxy) is 1. The Balaban J connectivity index is 0.00000324. The Morgan fingerprint density at radius 1 is 0.912 bits per heavy atom. The third kappa shape index (κ3) is 6.34. The van der Waals surface area contributed by atoms with E-state index in [0.717, 1.165) is 80.6 Å². The number of amides is 1. The number of piperazine rings is 1. The fourth-order valence-electron chi connectivity index (χ4n) is 4.61.